The maximum absolute atomic E-state index is 11.8. The van der Waals surface area contributed by atoms with Crippen molar-refractivity contribution in [3.8, 4) is 0 Å². The summed E-state index contributed by atoms with van der Waals surface area (Å²) in [7, 11) is 0. The molecule has 0 amide bonds. The summed E-state index contributed by atoms with van der Waals surface area (Å²) >= 11 is 1.13. The van der Waals surface area contributed by atoms with Crippen molar-refractivity contribution in [1.29, 1.82) is 0 Å². The number of rotatable bonds is 2. The van der Waals surface area contributed by atoms with E-state index in [1.165, 1.54) is 0 Å². The standard InChI is InChI=1S/C5H6F3N3S/c1-12-4-10-9-3-11(4)2-5(6,7)8/h3H,2H2,1H3. The van der Waals surface area contributed by atoms with Crippen molar-refractivity contribution in [2.45, 2.75) is 17.9 Å². The number of thioether (sulfide) groups is 1. The van der Waals surface area contributed by atoms with Gasteiger partial charge in [0, 0.05) is 0 Å². The molecule has 0 atom stereocenters. The zero-order valence-corrected chi connectivity index (χ0v) is 6.98. The molecule has 0 saturated carbocycles. The second-order valence-electron chi connectivity index (χ2n) is 2.06. The van der Waals surface area contributed by atoms with Crippen LogP contribution in [0.2, 0.25) is 0 Å². The van der Waals surface area contributed by atoms with Gasteiger partial charge in [0.1, 0.15) is 12.9 Å². The van der Waals surface area contributed by atoms with E-state index in [1.807, 2.05) is 0 Å². The molecule has 7 heteroatoms. The molecule has 1 aromatic rings. The highest BCUT2D eigenvalue weighted by Gasteiger charge is 2.28. The minimum atomic E-state index is -4.22. The molecule has 0 fully saturated rings. The van der Waals surface area contributed by atoms with Crippen molar-refractivity contribution < 1.29 is 13.2 Å². The molecule has 0 radical (unpaired) electrons. The lowest BCUT2D eigenvalue weighted by Gasteiger charge is -2.07. The lowest BCUT2D eigenvalue weighted by molar-refractivity contribution is -0.142. The van der Waals surface area contributed by atoms with Crippen LogP contribution in [0.4, 0.5) is 13.2 Å². The molecule has 0 spiro atoms. The van der Waals surface area contributed by atoms with Crippen molar-refractivity contribution in [1.82, 2.24) is 14.8 Å². The van der Waals surface area contributed by atoms with Gasteiger partial charge in [-0.15, -0.1) is 10.2 Å². The maximum Gasteiger partial charge on any atom is 0.406 e. The van der Waals surface area contributed by atoms with Gasteiger partial charge in [-0.25, -0.2) is 0 Å². The van der Waals surface area contributed by atoms with Gasteiger partial charge >= 0.3 is 6.18 Å². The van der Waals surface area contributed by atoms with Crippen LogP contribution in [-0.2, 0) is 6.54 Å². The van der Waals surface area contributed by atoms with E-state index < -0.39 is 12.7 Å². The highest BCUT2D eigenvalue weighted by atomic mass is 32.2. The van der Waals surface area contributed by atoms with Gasteiger partial charge < -0.3 is 0 Å². The maximum atomic E-state index is 11.8. The first kappa shape index (κ1) is 9.37. The van der Waals surface area contributed by atoms with Crippen molar-refractivity contribution in [2.75, 3.05) is 6.26 Å². The lowest BCUT2D eigenvalue weighted by Crippen LogP contribution is -2.17. The first-order valence-electron chi connectivity index (χ1n) is 3.01. The van der Waals surface area contributed by atoms with Crippen LogP contribution in [0.5, 0.6) is 0 Å². The van der Waals surface area contributed by atoms with Gasteiger partial charge in [0.05, 0.1) is 0 Å². The normalized spacial score (nSPS) is 12.0. The summed E-state index contributed by atoms with van der Waals surface area (Å²) in [5.74, 6) is 0. The van der Waals surface area contributed by atoms with Crippen molar-refractivity contribution in [3.63, 3.8) is 0 Å². The number of hydrogen-bond donors (Lipinski definition) is 0. The Kier molecular flexibility index (Phi) is 2.61. The fourth-order valence-electron chi connectivity index (χ4n) is 0.704. The molecule has 0 aliphatic carbocycles. The van der Waals surface area contributed by atoms with E-state index in [9.17, 15) is 13.2 Å². The summed E-state index contributed by atoms with van der Waals surface area (Å²) < 4.78 is 36.5. The molecule has 68 valence electrons. The van der Waals surface area contributed by atoms with Gasteiger partial charge in [-0.1, -0.05) is 11.8 Å². The highest BCUT2D eigenvalue weighted by molar-refractivity contribution is 7.98. The third-order valence-corrected chi connectivity index (χ3v) is 1.79. The van der Waals surface area contributed by atoms with Crippen LogP contribution >= 0.6 is 11.8 Å². The van der Waals surface area contributed by atoms with Crippen LogP contribution in [0.3, 0.4) is 0 Å². The Morgan fingerprint density at radius 3 is 2.75 bits per heavy atom. The molecule has 1 heterocycles. The van der Waals surface area contributed by atoms with E-state index in [4.69, 9.17) is 0 Å². The van der Waals surface area contributed by atoms with Crippen LogP contribution in [0, 0.1) is 0 Å². The predicted molar refractivity (Wildman–Crippen MR) is 37.9 cm³/mol. The van der Waals surface area contributed by atoms with Gasteiger partial charge in [-0.3, -0.25) is 4.57 Å². The molecule has 1 rings (SSSR count). The Morgan fingerprint density at radius 2 is 2.25 bits per heavy atom. The molecule has 0 bridgehead atoms. The molecular formula is C5H6F3N3S. The Labute approximate surface area is 71.0 Å². The monoisotopic (exact) mass is 197 g/mol. The first-order valence-corrected chi connectivity index (χ1v) is 4.24. The molecule has 3 nitrogen and oxygen atoms in total. The first-order chi connectivity index (χ1) is 5.53. The molecule has 12 heavy (non-hydrogen) atoms. The highest BCUT2D eigenvalue weighted by Crippen LogP contribution is 2.20. The Morgan fingerprint density at radius 1 is 1.58 bits per heavy atom. The molecule has 0 N–H and O–H groups in total. The third kappa shape index (κ3) is 2.40. The van der Waals surface area contributed by atoms with Crippen LogP contribution in [0.25, 0.3) is 0 Å². The summed E-state index contributed by atoms with van der Waals surface area (Å²) in [6.45, 7) is -1.03. The van der Waals surface area contributed by atoms with Crippen molar-refractivity contribution >= 4 is 11.8 Å². The molecule has 0 aromatic carbocycles. The number of alkyl halides is 3. The molecule has 0 saturated heterocycles. The van der Waals surface area contributed by atoms with E-state index in [0.29, 0.717) is 0 Å². The second-order valence-corrected chi connectivity index (χ2v) is 2.83. The Balaban J connectivity index is 2.75. The van der Waals surface area contributed by atoms with E-state index in [1.54, 1.807) is 6.26 Å². The Bertz CT molecular complexity index is 257. The van der Waals surface area contributed by atoms with Gasteiger partial charge in [-0.2, -0.15) is 13.2 Å². The summed E-state index contributed by atoms with van der Waals surface area (Å²) in [6.07, 6.45) is -1.50. The minimum absolute atomic E-state index is 0.271. The number of halogens is 3. The second kappa shape index (κ2) is 3.34. The van der Waals surface area contributed by atoms with Gasteiger partial charge in [-0.05, 0) is 6.26 Å². The summed E-state index contributed by atoms with van der Waals surface area (Å²) in [4.78, 5) is 0. The van der Waals surface area contributed by atoms with Crippen molar-refractivity contribution in [3.05, 3.63) is 6.33 Å². The van der Waals surface area contributed by atoms with Crippen LogP contribution in [0.1, 0.15) is 0 Å². The summed E-state index contributed by atoms with van der Waals surface area (Å²) in [5.41, 5.74) is 0. The van der Waals surface area contributed by atoms with Gasteiger partial charge in [0.25, 0.3) is 0 Å². The number of aromatic nitrogens is 3. The largest absolute Gasteiger partial charge is 0.406 e. The fraction of sp³-hybridized carbons (Fsp3) is 0.600. The fourth-order valence-corrected chi connectivity index (χ4v) is 1.18. The van der Waals surface area contributed by atoms with Crippen LogP contribution < -0.4 is 0 Å². The van der Waals surface area contributed by atoms with E-state index >= 15 is 0 Å². The van der Waals surface area contributed by atoms with Gasteiger partial charge in [0.2, 0.25) is 0 Å². The minimum Gasteiger partial charge on any atom is -0.299 e. The number of hydrogen-bond acceptors (Lipinski definition) is 3. The molecule has 0 unspecified atom stereocenters. The zero-order valence-electron chi connectivity index (χ0n) is 6.17. The topological polar surface area (TPSA) is 30.7 Å². The van der Waals surface area contributed by atoms with Crippen LogP contribution in [-0.4, -0.2) is 27.2 Å². The molecule has 0 aliphatic rings. The molecule has 1 aromatic heterocycles. The van der Waals surface area contributed by atoms with E-state index in [2.05, 4.69) is 10.2 Å². The molecular weight excluding hydrogens is 191 g/mol. The summed E-state index contributed by atoms with van der Waals surface area (Å²) in [5, 5.41) is 7.13. The average molecular weight is 197 g/mol. The van der Waals surface area contributed by atoms with Crippen molar-refractivity contribution in [2.24, 2.45) is 0 Å². The van der Waals surface area contributed by atoms with E-state index in [-0.39, 0.29) is 5.16 Å². The Hall–Kier alpha value is -0.720. The molecule has 0 aliphatic heterocycles. The lowest BCUT2D eigenvalue weighted by atomic mass is 10.6. The SMILES string of the molecule is CSc1nncn1CC(F)(F)F. The van der Waals surface area contributed by atoms with E-state index in [0.717, 1.165) is 22.7 Å². The quantitative estimate of drug-likeness (QED) is 0.674. The third-order valence-electron chi connectivity index (χ3n) is 1.11. The predicted octanol–water partition coefficient (Wildman–Crippen LogP) is 1.56. The van der Waals surface area contributed by atoms with Gasteiger partial charge in [0.15, 0.2) is 5.16 Å². The zero-order chi connectivity index (χ0) is 9.19. The summed E-state index contributed by atoms with van der Waals surface area (Å²) in [6, 6.07) is 0. The smallest absolute Gasteiger partial charge is 0.299 e. The average Bonchev–Trinajstić information content (AvgIpc) is 2.31. The number of nitrogens with zero attached hydrogens (tertiary/aromatic N) is 3. The van der Waals surface area contributed by atoms with Crippen LogP contribution in [0.15, 0.2) is 11.5 Å².